The molecule has 1 amide bonds. The Labute approximate surface area is 197 Å². The normalized spacial score (nSPS) is 21.5. The Hall–Kier alpha value is -1.90. The summed E-state index contributed by atoms with van der Waals surface area (Å²) < 4.78 is 45.2. The number of nitrogens with one attached hydrogen (secondary N) is 1. The van der Waals surface area contributed by atoms with Gasteiger partial charge in [-0.3, -0.25) is 4.79 Å². The molecular formula is C23H28ClF3N2O2S. The van der Waals surface area contributed by atoms with Gasteiger partial charge in [-0.25, -0.2) is 0 Å². The topological polar surface area (TPSA) is 41.6 Å². The summed E-state index contributed by atoms with van der Waals surface area (Å²) in [6.07, 6.45) is -2.15. The van der Waals surface area contributed by atoms with Crippen molar-refractivity contribution in [1.29, 1.82) is 0 Å². The summed E-state index contributed by atoms with van der Waals surface area (Å²) in [4.78, 5) is 15.9. The number of nitrogens with zero attached hydrogens (tertiary/aromatic N) is 1. The lowest BCUT2D eigenvalue weighted by atomic mass is 9.78. The number of rotatable bonds is 5. The van der Waals surface area contributed by atoms with Gasteiger partial charge in [0.2, 0.25) is 0 Å². The first-order valence-corrected chi connectivity index (χ1v) is 11.2. The van der Waals surface area contributed by atoms with Crippen LogP contribution in [0.3, 0.4) is 0 Å². The predicted octanol–water partition coefficient (Wildman–Crippen LogP) is 5.45. The van der Waals surface area contributed by atoms with Gasteiger partial charge in [0.25, 0.3) is 5.91 Å². The van der Waals surface area contributed by atoms with Gasteiger partial charge >= 0.3 is 6.18 Å². The second-order valence-corrected chi connectivity index (χ2v) is 9.01. The van der Waals surface area contributed by atoms with Crippen LogP contribution in [0.5, 0.6) is 5.75 Å². The van der Waals surface area contributed by atoms with Crippen LogP contribution < -0.4 is 10.1 Å². The summed E-state index contributed by atoms with van der Waals surface area (Å²) in [5.41, 5.74) is -0.403. The number of ether oxygens (including phenoxy) is 1. The highest BCUT2D eigenvalue weighted by Crippen LogP contribution is 2.40. The summed E-state index contributed by atoms with van der Waals surface area (Å²) >= 11 is 1.09. The van der Waals surface area contributed by atoms with Crippen molar-refractivity contribution < 1.29 is 22.7 Å². The maximum absolute atomic E-state index is 13.5. The maximum atomic E-state index is 13.5. The highest BCUT2D eigenvalue weighted by Gasteiger charge is 2.41. The van der Waals surface area contributed by atoms with Crippen LogP contribution in [0.25, 0.3) is 0 Å². The molecule has 1 fully saturated rings. The van der Waals surface area contributed by atoms with Crippen LogP contribution in [-0.4, -0.2) is 44.3 Å². The molecule has 3 rings (SSSR count). The van der Waals surface area contributed by atoms with Crippen LogP contribution >= 0.6 is 24.2 Å². The van der Waals surface area contributed by atoms with Gasteiger partial charge in [0, 0.05) is 18.0 Å². The molecule has 0 spiro atoms. The van der Waals surface area contributed by atoms with E-state index in [0.29, 0.717) is 12.5 Å². The van der Waals surface area contributed by atoms with E-state index >= 15 is 0 Å². The Kier molecular flexibility index (Phi) is 8.53. The zero-order chi connectivity index (χ0) is 22.8. The number of halogens is 4. The lowest BCUT2D eigenvalue weighted by Crippen LogP contribution is -2.57. The number of piperidine rings is 1. The number of thioether (sulfide) groups is 1. The number of hydrogen-bond donors (Lipinski definition) is 1. The van der Waals surface area contributed by atoms with E-state index in [0.717, 1.165) is 42.4 Å². The molecule has 2 aromatic carbocycles. The van der Waals surface area contributed by atoms with Gasteiger partial charge in [0.1, 0.15) is 5.75 Å². The van der Waals surface area contributed by atoms with E-state index in [1.54, 1.807) is 6.26 Å². The molecule has 176 valence electrons. The van der Waals surface area contributed by atoms with Gasteiger partial charge in [-0.2, -0.15) is 13.2 Å². The van der Waals surface area contributed by atoms with Gasteiger partial charge in [-0.15, -0.1) is 24.2 Å². The number of amides is 1. The molecule has 1 N–H and O–H groups in total. The van der Waals surface area contributed by atoms with Gasteiger partial charge in [-0.05, 0) is 43.3 Å². The van der Waals surface area contributed by atoms with E-state index < -0.39 is 23.2 Å². The fourth-order valence-electron chi connectivity index (χ4n) is 4.49. The number of carbonyl (C=O) groups excluding carboxylic acids is 1. The van der Waals surface area contributed by atoms with Crippen LogP contribution in [0.4, 0.5) is 13.2 Å². The number of carbonyl (C=O) groups is 1. The number of likely N-dealkylation sites (N-methyl/N-ethyl adjacent to an activating group) is 1. The third-order valence-electron chi connectivity index (χ3n) is 5.60. The van der Waals surface area contributed by atoms with Crippen molar-refractivity contribution in [2.45, 2.75) is 30.0 Å². The van der Waals surface area contributed by atoms with E-state index in [1.807, 2.05) is 37.4 Å². The van der Waals surface area contributed by atoms with Crippen LogP contribution in [0, 0.1) is 5.92 Å². The fraction of sp³-hybridized carbons (Fsp3) is 0.435. The Bertz CT molecular complexity index is 906. The average Bonchev–Trinajstić information content (AvgIpc) is 2.71. The van der Waals surface area contributed by atoms with Gasteiger partial charge < -0.3 is 15.0 Å². The lowest BCUT2D eigenvalue weighted by molar-refractivity contribution is -0.137. The Balaban J connectivity index is 0.00000363. The van der Waals surface area contributed by atoms with E-state index in [2.05, 4.69) is 17.1 Å². The molecule has 0 saturated carbocycles. The summed E-state index contributed by atoms with van der Waals surface area (Å²) in [6, 6.07) is 11.6. The number of alkyl halides is 3. The van der Waals surface area contributed by atoms with Crippen LogP contribution in [-0.2, 0) is 11.7 Å². The van der Waals surface area contributed by atoms with Crippen LogP contribution in [0.1, 0.15) is 34.8 Å². The molecule has 1 saturated heterocycles. The summed E-state index contributed by atoms with van der Waals surface area (Å²) in [5.74, 6) is -0.202. The first kappa shape index (κ1) is 26.4. The molecule has 0 aliphatic carbocycles. The molecular weight excluding hydrogens is 461 g/mol. The molecule has 2 unspecified atom stereocenters. The van der Waals surface area contributed by atoms with Crippen molar-refractivity contribution >= 4 is 30.1 Å². The third-order valence-corrected chi connectivity index (χ3v) is 6.36. The van der Waals surface area contributed by atoms with Crippen LogP contribution in [0.15, 0.2) is 47.4 Å². The van der Waals surface area contributed by atoms with Crippen LogP contribution in [0.2, 0.25) is 0 Å². The summed E-state index contributed by atoms with van der Waals surface area (Å²) in [5, 5.41) is 3.18. The maximum Gasteiger partial charge on any atom is 0.416 e. The first-order valence-electron chi connectivity index (χ1n) is 9.99. The minimum Gasteiger partial charge on any atom is -0.496 e. The molecule has 4 nitrogen and oxygen atoms in total. The minimum atomic E-state index is -4.53. The molecule has 0 aromatic heterocycles. The fourth-order valence-corrected chi connectivity index (χ4v) is 5.13. The zero-order valence-corrected chi connectivity index (χ0v) is 20.1. The highest BCUT2D eigenvalue weighted by molar-refractivity contribution is 7.98. The molecule has 2 aromatic rings. The van der Waals surface area contributed by atoms with Crippen molar-refractivity contribution in [3.63, 3.8) is 0 Å². The van der Waals surface area contributed by atoms with Gasteiger partial charge in [-0.1, -0.05) is 37.3 Å². The first-order chi connectivity index (χ1) is 14.6. The van der Waals surface area contributed by atoms with Crippen molar-refractivity contribution in [3.05, 3.63) is 59.2 Å². The average molecular weight is 489 g/mol. The van der Waals surface area contributed by atoms with Gasteiger partial charge in [0.05, 0.1) is 23.8 Å². The number of methoxy groups -OCH3 is 1. The monoisotopic (exact) mass is 488 g/mol. The second kappa shape index (κ2) is 10.4. The number of likely N-dealkylation sites (tertiary alicyclic amines) is 1. The molecule has 1 aliphatic rings. The minimum absolute atomic E-state index is 0. The molecule has 0 radical (unpaired) electrons. The van der Waals surface area contributed by atoms with Crippen molar-refractivity contribution in [3.8, 4) is 5.75 Å². The summed E-state index contributed by atoms with van der Waals surface area (Å²) in [6.45, 7) is 3.64. The number of benzene rings is 2. The molecule has 1 heterocycles. The highest BCUT2D eigenvalue weighted by atomic mass is 35.5. The largest absolute Gasteiger partial charge is 0.496 e. The smallest absolute Gasteiger partial charge is 0.416 e. The molecule has 0 bridgehead atoms. The van der Waals surface area contributed by atoms with E-state index in [-0.39, 0.29) is 28.6 Å². The van der Waals surface area contributed by atoms with E-state index in [9.17, 15) is 18.0 Å². The van der Waals surface area contributed by atoms with Gasteiger partial charge in [0.15, 0.2) is 0 Å². The standard InChI is InChI=1S/C23H27F3N2O2S.ClH/c1-15-12-22(14-28(2)13-15,16-8-6-5-7-9-16)27-21(29)20-18(30-3)10-17(23(24,25)26)11-19(20)31-4;/h5-11,15H,12-14H2,1-4H3,(H,27,29);1H. The predicted molar refractivity (Wildman–Crippen MR) is 124 cm³/mol. The molecule has 2 atom stereocenters. The van der Waals surface area contributed by atoms with Crippen molar-refractivity contribution in [1.82, 2.24) is 10.2 Å². The third kappa shape index (κ3) is 5.53. The molecule has 32 heavy (non-hydrogen) atoms. The van der Waals surface area contributed by atoms with Crippen molar-refractivity contribution in [2.75, 3.05) is 33.5 Å². The Morgan fingerprint density at radius 1 is 1.25 bits per heavy atom. The Morgan fingerprint density at radius 3 is 2.44 bits per heavy atom. The van der Waals surface area contributed by atoms with E-state index in [4.69, 9.17) is 4.74 Å². The quantitative estimate of drug-likeness (QED) is 0.568. The second-order valence-electron chi connectivity index (χ2n) is 8.16. The molecule has 9 heteroatoms. The number of hydrogen-bond acceptors (Lipinski definition) is 4. The summed E-state index contributed by atoms with van der Waals surface area (Å²) in [7, 11) is 3.28. The zero-order valence-electron chi connectivity index (χ0n) is 18.5. The van der Waals surface area contributed by atoms with Crippen molar-refractivity contribution in [2.24, 2.45) is 5.92 Å². The SMILES string of the molecule is COc1cc(C(F)(F)F)cc(SC)c1C(=O)NC1(c2ccccc2)CC(C)CN(C)C1.Cl. The van der Waals surface area contributed by atoms with E-state index in [1.165, 1.54) is 7.11 Å². The molecule has 1 aliphatic heterocycles. The Morgan fingerprint density at radius 2 is 1.91 bits per heavy atom. The lowest BCUT2D eigenvalue weighted by Gasteiger charge is -2.45.